The van der Waals surface area contributed by atoms with Crippen LogP contribution in [0.25, 0.3) is 0 Å². The van der Waals surface area contributed by atoms with Gasteiger partial charge in [-0.25, -0.2) is 0 Å². The third kappa shape index (κ3) is 8.96. The van der Waals surface area contributed by atoms with Crippen LogP contribution in [0.1, 0.15) is 49.3 Å². The van der Waals surface area contributed by atoms with Gasteiger partial charge in [0.05, 0.1) is 32.0 Å². The van der Waals surface area contributed by atoms with E-state index in [9.17, 15) is 0 Å². The number of hydrogen-bond acceptors (Lipinski definition) is 3. The van der Waals surface area contributed by atoms with E-state index < -0.39 is 0 Å². The molecule has 0 aliphatic heterocycles. The first kappa shape index (κ1) is 24.2. The third-order valence-corrected chi connectivity index (χ3v) is 5.53. The Bertz CT molecular complexity index is 836. The standard InChI is InChI=1S/C29H36O3/c1-2-3-19-28(31-23-26-15-9-5-10-16-26)29(32-24-27-17-11-6-12-18-27)20-21-30-22-25-13-7-4-8-14-25/h4-18,28-29H,2-3,19-24H2,1H3. The van der Waals surface area contributed by atoms with E-state index >= 15 is 0 Å². The van der Waals surface area contributed by atoms with Gasteiger partial charge in [-0.2, -0.15) is 0 Å². The molecule has 0 saturated heterocycles. The molecule has 0 saturated carbocycles. The summed E-state index contributed by atoms with van der Waals surface area (Å²) in [5.74, 6) is 0. The molecule has 3 heteroatoms. The Morgan fingerprint density at radius 3 is 1.47 bits per heavy atom. The highest BCUT2D eigenvalue weighted by molar-refractivity contribution is 5.15. The van der Waals surface area contributed by atoms with Gasteiger partial charge in [-0.3, -0.25) is 0 Å². The maximum atomic E-state index is 6.42. The summed E-state index contributed by atoms with van der Waals surface area (Å²) < 4.78 is 18.8. The monoisotopic (exact) mass is 432 g/mol. The molecule has 0 spiro atoms. The molecule has 0 N–H and O–H groups in total. The van der Waals surface area contributed by atoms with E-state index in [1.165, 1.54) is 16.7 Å². The number of hydrogen-bond donors (Lipinski definition) is 0. The van der Waals surface area contributed by atoms with Crippen molar-refractivity contribution in [3.05, 3.63) is 108 Å². The number of ether oxygens (including phenoxy) is 3. The largest absolute Gasteiger partial charge is 0.377 e. The molecule has 3 aromatic rings. The molecule has 3 nitrogen and oxygen atoms in total. The lowest BCUT2D eigenvalue weighted by Gasteiger charge is -2.28. The maximum Gasteiger partial charge on any atom is 0.0863 e. The van der Waals surface area contributed by atoms with Crippen molar-refractivity contribution in [1.29, 1.82) is 0 Å². The third-order valence-electron chi connectivity index (χ3n) is 5.53. The van der Waals surface area contributed by atoms with Crippen LogP contribution < -0.4 is 0 Å². The van der Waals surface area contributed by atoms with E-state index in [1.54, 1.807) is 0 Å². The predicted molar refractivity (Wildman–Crippen MR) is 130 cm³/mol. The van der Waals surface area contributed by atoms with Crippen molar-refractivity contribution in [2.24, 2.45) is 0 Å². The Morgan fingerprint density at radius 2 is 1.00 bits per heavy atom. The number of rotatable bonds is 15. The fourth-order valence-electron chi connectivity index (χ4n) is 3.68. The molecule has 0 aliphatic carbocycles. The summed E-state index contributed by atoms with van der Waals surface area (Å²) in [6, 6.07) is 31.0. The molecule has 0 heterocycles. The summed E-state index contributed by atoms with van der Waals surface area (Å²) in [7, 11) is 0. The van der Waals surface area contributed by atoms with Gasteiger partial charge >= 0.3 is 0 Å². The van der Waals surface area contributed by atoms with Gasteiger partial charge in [-0.05, 0) is 29.5 Å². The van der Waals surface area contributed by atoms with Crippen molar-refractivity contribution in [3.63, 3.8) is 0 Å². The molecule has 0 radical (unpaired) electrons. The van der Waals surface area contributed by atoms with Crippen LogP contribution in [-0.2, 0) is 34.0 Å². The molecular weight excluding hydrogens is 396 g/mol. The zero-order valence-electron chi connectivity index (χ0n) is 19.2. The van der Waals surface area contributed by atoms with Crippen molar-refractivity contribution in [2.75, 3.05) is 6.61 Å². The Balaban J connectivity index is 1.60. The second-order valence-electron chi connectivity index (χ2n) is 8.14. The van der Waals surface area contributed by atoms with Crippen LogP contribution in [0.15, 0.2) is 91.0 Å². The van der Waals surface area contributed by atoms with Crippen LogP contribution in [0.2, 0.25) is 0 Å². The van der Waals surface area contributed by atoms with Crippen LogP contribution in [0.5, 0.6) is 0 Å². The van der Waals surface area contributed by atoms with Gasteiger partial charge in [-0.1, -0.05) is 111 Å². The van der Waals surface area contributed by atoms with E-state index in [0.29, 0.717) is 26.4 Å². The fraction of sp³-hybridized carbons (Fsp3) is 0.379. The quantitative estimate of drug-likeness (QED) is 0.243. The van der Waals surface area contributed by atoms with Crippen LogP contribution in [-0.4, -0.2) is 18.8 Å². The molecule has 2 unspecified atom stereocenters. The zero-order valence-corrected chi connectivity index (χ0v) is 19.2. The van der Waals surface area contributed by atoms with Crippen molar-refractivity contribution < 1.29 is 14.2 Å². The first-order valence-corrected chi connectivity index (χ1v) is 11.8. The summed E-state index contributed by atoms with van der Waals surface area (Å²) in [6.07, 6.45) is 4.08. The van der Waals surface area contributed by atoms with E-state index in [4.69, 9.17) is 14.2 Å². The summed E-state index contributed by atoms with van der Waals surface area (Å²) >= 11 is 0. The minimum Gasteiger partial charge on any atom is -0.377 e. The zero-order chi connectivity index (χ0) is 22.3. The first-order valence-electron chi connectivity index (χ1n) is 11.8. The van der Waals surface area contributed by atoms with Crippen molar-refractivity contribution in [2.45, 2.75) is 64.6 Å². The summed E-state index contributed by atoms with van der Waals surface area (Å²) in [6.45, 7) is 4.67. The normalized spacial score (nSPS) is 13.0. The molecule has 2 atom stereocenters. The molecule has 3 rings (SSSR count). The Morgan fingerprint density at radius 1 is 0.562 bits per heavy atom. The minimum absolute atomic E-state index is 0.0127. The second-order valence-corrected chi connectivity index (χ2v) is 8.14. The average Bonchev–Trinajstić information content (AvgIpc) is 2.86. The fourth-order valence-corrected chi connectivity index (χ4v) is 3.68. The molecular formula is C29H36O3. The highest BCUT2D eigenvalue weighted by Gasteiger charge is 2.23. The van der Waals surface area contributed by atoms with Crippen LogP contribution in [0.3, 0.4) is 0 Å². The van der Waals surface area contributed by atoms with Crippen molar-refractivity contribution in [3.8, 4) is 0 Å². The predicted octanol–water partition coefficient (Wildman–Crippen LogP) is 6.95. The minimum atomic E-state index is -0.0127. The molecule has 32 heavy (non-hydrogen) atoms. The van der Waals surface area contributed by atoms with Gasteiger partial charge in [0.2, 0.25) is 0 Å². The molecule has 0 bridgehead atoms. The van der Waals surface area contributed by atoms with E-state index in [1.807, 2.05) is 30.3 Å². The van der Waals surface area contributed by atoms with Crippen molar-refractivity contribution in [1.82, 2.24) is 0 Å². The van der Waals surface area contributed by atoms with Crippen LogP contribution >= 0.6 is 0 Å². The maximum absolute atomic E-state index is 6.42. The van der Waals surface area contributed by atoms with Crippen LogP contribution in [0, 0.1) is 0 Å². The molecule has 0 aromatic heterocycles. The number of unbranched alkanes of at least 4 members (excludes halogenated alkanes) is 1. The van der Waals surface area contributed by atoms with Crippen LogP contribution in [0.4, 0.5) is 0 Å². The second kappa shape index (κ2) is 14.6. The summed E-state index contributed by atoms with van der Waals surface area (Å²) in [5, 5.41) is 0. The smallest absolute Gasteiger partial charge is 0.0863 e. The topological polar surface area (TPSA) is 27.7 Å². The Hall–Kier alpha value is -2.46. The van der Waals surface area contributed by atoms with Gasteiger partial charge in [0.1, 0.15) is 0 Å². The lowest BCUT2D eigenvalue weighted by atomic mass is 10.0. The molecule has 0 aliphatic rings. The average molecular weight is 433 g/mol. The lowest BCUT2D eigenvalue weighted by molar-refractivity contribution is -0.0996. The molecule has 170 valence electrons. The summed E-state index contributed by atoms with van der Waals surface area (Å²) in [5.41, 5.74) is 3.56. The van der Waals surface area contributed by atoms with Gasteiger partial charge in [0, 0.05) is 6.61 Å². The van der Waals surface area contributed by atoms with E-state index in [2.05, 4.69) is 67.6 Å². The SMILES string of the molecule is CCCCC(OCc1ccccc1)C(CCOCc1ccccc1)OCc1ccccc1. The van der Waals surface area contributed by atoms with Gasteiger partial charge in [-0.15, -0.1) is 0 Å². The summed E-state index contributed by atoms with van der Waals surface area (Å²) in [4.78, 5) is 0. The lowest BCUT2D eigenvalue weighted by Crippen LogP contribution is -2.33. The van der Waals surface area contributed by atoms with Gasteiger partial charge < -0.3 is 14.2 Å². The highest BCUT2D eigenvalue weighted by Crippen LogP contribution is 2.20. The first-order chi connectivity index (χ1) is 15.8. The van der Waals surface area contributed by atoms with Gasteiger partial charge in [0.15, 0.2) is 0 Å². The molecule has 3 aromatic carbocycles. The molecule has 0 amide bonds. The Labute approximate surface area is 193 Å². The van der Waals surface area contributed by atoms with E-state index in [0.717, 1.165) is 25.7 Å². The number of benzene rings is 3. The van der Waals surface area contributed by atoms with Crippen molar-refractivity contribution >= 4 is 0 Å². The van der Waals surface area contributed by atoms with Gasteiger partial charge in [0.25, 0.3) is 0 Å². The Kier molecular flexibility index (Phi) is 11.0. The van der Waals surface area contributed by atoms with E-state index in [-0.39, 0.29) is 12.2 Å². The highest BCUT2D eigenvalue weighted by atomic mass is 16.5. The molecule has 0 fully saturated rings.